The second-order valence-corrected chi connectivity index (χ2v) is 8.03. The van der Waals surface area contributed by atoms with Gasteiger partial charge in [0, 0.05) is 13.1 Å². The maximum Gasteiger partial charge on any atom is 0.416 e. The Hall–Kier alpha value is -2.08. The molecule has 4 rings (SSSR count). The predicted octanol–water partition coefficient (Wildman–Crippen LogP) is 6.16. The van der Waals surface area contributed by atoms with Gasteiger partial charge in [-0.25, -0.2) is 4.98 Å². The first-order chi connectivity index (χ1) is 13.0. The topological polar surface area (TPSA) is 16.1 Å². The van der Waals surface area contributed by atoms with Gasteiger partial charge in [-0.1, -0.05) is 18.2 Å². The van der Waals surface area contributed by atoms with E-state index in [-0.39, 0.29) is 0 Å². The van der Waals surface area contributed by atoms with Crippen LogP contribution in [0.5, 0.6) is 0 Å². The van der Waals surface area contributed by atoms with Crippen LogP contribution in [-0.4, -0.2) is 18.1 Å². The highest BCUT2D eigenvalue weighted by Gasteiger charge is 2.30. The molecule has 0 amide bonds. The average molecular weight is 390 g/mol. The molecule has 0 N–H and O–H groups in total. The third kappa shape index (κ3) is 4.10. The minimum atomic E-state index is -4.26. The summed E-state index contributed by atoms with van der Waals surface area (Å²) in [5.74, 6) is 0.623. The van der Waals surface area contributed by atoms with Crippen molar-refractivity contribution in [2.75, 3.05) is 18.0 Å². The van der Waals surface area contributed by atoms with Gasteiger partial charge >= 0.3 is 6.18 Å². The second-order valence-electron chi connectivity index (χ2n) is 7.14. The molecule has 2 aromatic carbocycles. The van der Waals surface area contributed by atoms with Gasteiger partial charge in [0.1, 0.15) is 5.52 Å². The van der Waals surface area contributed by atoms with Gasteiger partial charge in [-0.2, -0.15) is 13.2 Å². The number of fused-ring (bicyclic) bond motifs is 1. The molecule has 1 aromatic heterocycles. The third-order valence-electron chi connectivity index (χ3n) is 5.42. The molecule has 1 aliphatic rings. The smallest absolute Gasteiger partial charge is 0.370 e. The number of halogens is 3. The molecule has 0 aliphatic carbocycles. The minimum Gasteiger partial charge on any atom is -0.370 e. The van der Waals surface area contributed by atoms with Gasteiger partial charge in [-0.3, -0.25) is 0 Å². The lowest BCUT2D eigenvalue weighted by Gasteiger charge is -2.33. The molecule has 3 aromatic rings. The molecule has 0 radical (unpaired) electrons. The van der Waals surface area contributed by atoms with Gasteiger partial charge in [-0.15, -0.1) is 11.3 Å². The molecule has 0 saturated carbocycles. The number of anilines is 1. The van der Waals surface area contributed by atoms with Gasteiger partial charge in [0.25, 0.3) is 0 Å². The zero-order valence-corrected chi connectivity index (χ0v) is 15.7. The first-order valence-electron chi connectivity index (χ1n) is 9.24. The van der Waals surface area contributed by atoms with Crippen molar-refractivity contribution in [2.45, 2.75) is 31.9 Å². The normalized spacial score (nSPS) is 16.2. The number of piperidine rings is 1. The summed E-state index contributed by atoms with van der Waals surface area (Å²) in [5.41, 5.74) is 4.61. The van der Waals surface area contributed by atoms with Crippen LogP contribution < -0.4 is 4.90 Å². The van der Waals surface area contributed by atoms with E-state index in [0.29, 0.717) is 5.92 Å². The van der Waals surface area contributed by atoms with E-state index in [0.717, 1.165) is 49.9 Å². The van der Waals surface area contributed by atoms with Crippen molar-refractivity contribution in [3.8, 4) is 0 Å². The van der Waals surface area contributed by atoms with E-state index in [2.05, 4.69) is 28.1 Å². The summed E-state index contributed by atoms with van der Waals surface area (Å²) in [7, 11) is 0. The largest absolute Gasteiger partial charge is 0.416 e. The molecule has 1 saturated heterocycles. The monoisotopic (exact) mass is 390 g/mol. The number of rotatable bonds is 4. The molecule has 1 fully saturated rings. The number of thiazole rings is 1. The number of benzene rings is 2. The van der Waals surface area contributed by atoms with Crippen LogP contribution in [-0.2, 0) is 12.6 Å². The van der Waals surface area contributed by atoms with E-state index in [1.165, 1.54) is 22.5 Å². The maximum atomic E-state index is 12.6. The first kappa shape index (κ1) is 18.3. The molecule has 0 spiro atoms. The van der Waals surface area contributed by atoms with E-state index in [1.807, 2.05) is 5.51 Å². The highest BCUT2D eigenvalue weighted by molar-refractivity contribution is 7.16. The van der Waals surface area contributed by atoms with E-state index in [1.54, 1.807) is 23.5 Å². The van der Waals surface area contributed by atoms with Gasteiger partial charge in [0.05, 0.1) is 21.5 Å². The predicted molar refractivity (Wildman–Crippen MR) is 104 cm³/mol. The lowest BCUT2D eigenvalue weighted by Crippen LogP contribution is -2.33. The van der Waals surface area contributed by atoms with E-state index in [9.17, 15) is 13.2 Å². The Morgan fingerprint density at radius 1 is 1.04 bits per heavy atom. The Kier molecular flexibility index (Phi) is 5.08. The summed E-state index contributed by atoms with van der Waals surface area (Å²) in [4.78, 5) is 6.92. The van der Waals surface area contributed by atoms with Crippen LogP contribution in [0.1, 0.15) is 30.4 Å². The molecule has 0 atom stereocenters. The number of para-hydroxylation sites is 1. The highest BCUT2D eigenvalue weighted by atomic mass is 32.1. The molecule has 2 nitrogen and oxygen atoms in total. The lowest BCUT2D eigenvalue weighted by molar-refractivity contribution is -0.137. The summed E-state index contributed by atoms with van der Waals surface area (Å²) in [6.07, 6.45) is -0.168. The standard InChI is InChI=1S/C21H21F3N2S/c22-21(23,24)17-8-6-15(7-9-17)4-5-16-10-12-26(13-11-16)18-2-1-3-19-20(18)25-14-27-19/h1-3,6-9,14,16H,4-5,10-13H2. The summed E-state index contributed by atoms with van der Waals surface area (Å²) in [6, 6.07) is 11.9. The Morgan fingerprint density at radius 3 is 2.48 bits per heavy atom. The molecular formula is C21H21F3N2S. The molecular weight excluding hydrogens is 369 g/mol. The zero-order chi connectivity index (χ0) is 18.9. The SMILES string of the molecule is FC(F)(F)c1ccc(CCC2CCN(c3cccc4scnc34)CC2)cc1. The Balaban J connectivity index is 1.31. The second kappa shape index (κ2) is 7.50. The van der Waals surface area contributed by atoms with Gasteiger partial charge < -0.3 is 4.90 Å². The first-order valence-corrected chi connectivity index (χ1v) is 10.1. The van der Waals surface area contributed by atoms with Crippen LogP contribution in [0.15, 0.2) is 48.0 Å². The van der Waals surface area contributed by atoms with Crippen molar-refractivity contribution in [2.24, 2.45) is 5.92 Å². The van der Waals surface area contributed by atoms with Gasteiger partial charge in [0.15, 0.2) is 0 Å². The van der Waals surface area contributed by atoms with Crippen LogP contribution in [0.2, 0.25) is 0 Å². The fourth-order valence-electron chi connectivity index (χ4n) is 3.82. The molecule has 6 heteroatoms. The summed E-state index contributed by atoms with van der Waals surface area (Å²) in [6.45, 7) is 2.02. The van der Waals surface area contributed by atoms with Crippen molar-refractivity contribution in [3.63, 3.8) is 0 Å². The molecule has 27 heavy (non-hydrogen) atoms. The van der Waals surface area contributed by atoms with Gasteiger partial charge in [-0.05, 0) is 61.4 Å². The highest BCUT2D eigenvalue weighted by Crippen LogP contribution is 2.33. The average Bonchev–Trinajstić information content (AvgIpc) is 3.15. The lowest BCUT2D eigenvalue weighted by atomic mass is 9.90. The Labute approximate surface area is 160 Å². The quantitative estimate of drug-likeness (QED) is 0.530. The minimum absolute atomic E-state index is 0.573. The molecule has 142 valence electrons. The number of alkyl halides is 3. The van der Waals surface area contributed by atoms with Crippen LogP contribution in [0.3, 0.4) is 0 Å². The van der Waals surface area contributed by atoms with Crippen LogP contribution in [0.4, 0.5) is 18.9 Å². The number of hydrogen-bond donors (Lipinski definition) is 0. The van der Waals surface area contributed by atoms with Crippen LogP contribution >= 0.6 is 11.3 Å². The number of aromatic nitrogens is 1. The summed E-state index contributed by atoms with van der Waals surface area (Å²) in [5, 5.41) is 0. The van der Waals surface area contributed by atoms with Crippen molar-refractivity contribution >= 4 is 27.2 Å². The van der Waals surface area contributed by atoms with Crippen molar-refractivity contribution in [3.05, 3.63) is 59.1 Å². The molecule has 2 heterocycles. The molecule has 0 bridgehead atoms. The van der Waals surface area contributed by atoms with Crippen molar-refractivity contribution in [1.29, 1.82) is 0 Å². The van der Waals surface area contributed by atoms with Crippen molar-refractivity contribution in [1.82, 2.24) is 4.98 Å². The fourth-order valence-corrected chi connectivity index (χ4v) is 4.52. The Bertz CT molecular complexity index is 894. The summed E-state index contributed by atoms with van der Waals surface area (Å²) < 4.78 is 39.1. The Morgan fingerprint density at radius 2 is 1.78 bits per heavy atom. The molecule has 0 unspecified atom stereocenters. The number of nitrogens with zero attached hydrogens (tertiary/aromatic N) is 2. The number of hydrogen-bond acceptors (Lipinski definition) is 3. The zero-order valence-electron chi connectivity index (χ0n) is 14.9. The number of aryl methyl sites for hydroxylation is 1. The third-order valence-corrected chi connectivity index (χ3v) is 6.21. The van der Waals surface area contributed by atoms with Crippen LogP contribution in [0.25, 0.3) is 10.2 Å². The van der Waals surface area contributed by atoms with Crippen molar-refractivity contribution < 1.29 is 13.2 Å². The molecule has 1 aliphatic heterocycles. The van der Waals surface area contributed by atoms with Gasteiger partial charge in [0.2, 0.25) is 0 Å². The van der Waals surface area contributed by atoms with Crippen LogP contribution in [0, 0.1) is 5.92 Å². The van der Waals surface area contributed by atoms with E-state index < -0.39 is 11.7 Å². The summed E-state index contributed by atoms with van der Waals surface area (Å²) >= 11 is 1.67. The van der Waals surface area contributed by atoms with E-state index in [4.69, 9.17) is 0 Å². The maximum absolute atomic E-state index is 12.6. The van der Waals surface area contributed by atoms with E-state index >= 15 is 0 Å². The fraction of sp³-hybridized carbons (Fsp3) is 0.381.